The molecule has 0 spiro atoms. The Kier molecular flexibility index (Phi) is 4.14. The van der Waals surface area contributed by atoms with Gasteiger partial charge in [0.05, 0.1) is 21.8 Å². The molecule has 0 saturated carbocycles. The molecule has 8 heteroatoms. The molecule has 4 aromatic rings. The van der Waals surface area contributed by atoms with Gasteiger partial charge in [0.15, 0.2) is 5.78 Å². The van der Waals surface area contributed by atoms with Crippen molar-refractivity contribution in [2.75, 3.05) is 5.32 Å². The maximum atomic E-state index is 13.5. The van der Waals surface area contributed by atoms with Crippen LogP contribution in [0, 0.1) is 15.9 Å². The van der Waals surface area contributed by atoms with Crippen LogP contribution in [0.2, 0.25) is 0 Å². The number of Topliss-reactive ketones (excluding diaryl/α,β-unsaturated/α-hetero) is 1. The number of hydrogen-bond donors (Lipinski definition) is 2. The largest absolute Gasteiger partial charge is 0.354 e. The van der Waals surface area contributed by atoms with Crippen molar-refractivity contribution in [2.45, 2.75) is 5.92 Å². The minimum atomic E-state index is -1.16. The highest BCUT2D eigenvalue weighted by Crippen LogP contribution is 2.41. The number of nitro groups is 1. The van der Waals surface area contributed by atoms with Gasteiger partial charge in [-0.25, -0.2) is 4.39 Å². The van der Waals surface area contributed by atoms with Gasteiger partial charge in [-0.05, 0) is 48.0 Å². The number of aromatic amines is 1. The molecule has 0 bridgehead atoms. The van der Waals surface area contributed by atoms with E-state index in [2.05, 4.69) is 10.3 Å². The van der Waals surface area contributed by atoms with E-state index in [1.165, 1.54) is 42.5 Å². The second-order valence-electron chi connectivity index (χ2n) is 7.24. The van der Waals surface area contributed by atoms with Crippen LogP contribution in [0.15, 0.2) is 66.7 Å². The van der Waals surface area contributed by atoms with Crippen molar-refractivity contribution >= 4 is 34.0 Å². The summed E-state index contributed by atoms with van der Waals surface area (Å²) in [6, 6.07) is 16.5. The number of hydrogen-bond acceptors (Lipinski definition) is 4. The Morgan fingerprint density at radius 3 is 2.45 bits per heavy atom. The molecule has 31 heavy (non-hydrogen) atoms. The van der Waals surface area contributed by atoms with Crippen LogP contribution in [0.4, 0.5) is 15.8 Å². The van der Waals surface area contributed by atoms with Gasteiger partial charge in [-0.1, -0.05) is 12.1 Å². The van der Waals surface area contributed by atoms with Gasteiger partial charge in [0.25, 0.3) is 5.69 Å². The number of amides is 1. The smallest absolute Gasteiger partial charge is 0.271 e. The maximum Gasteiger partial charge on any atom is 0.271 e. The number of carbonyl (C=O) groups excluding carboxylic acids is 2. The molecule has 3 aromatic carbocycles. The maximum absolute atomic E-state index is 13.5. The summed E-state index contributed by atoms with van der Waals surface area (Å²) < 4.78 is 13.5. The SMILES string of the molecule is O=C1Nc2ccccc2C(=O)C1c1c(-c2ccc(F)cc2)[nH]c2cc([N+](=O)[O-])ccc12. The first-order valence-corrected chi connectivity index (χ1v) is 9.44. The lowest BCUT2D eigenvalue weighted by Gasteiger charge is -2.24. The summed E-state index contributed by atoms with van der Waals surface area (Å²) in [4.78, 5) is 40.1. The van der Waals surface area contributed by atoms with Gasteiger partial charge in [0.1, 0.15) is 11.7 Å². The summed E-state index contributed by atoms with van der Waals surface area (Å²) in [5.74, 6) is -2.46. The van der Waals surface area contributed by atoms with E-state index in [0.717, 1.165) is 0 Å². The van der Waals surface area contributed by atoms with Gasteiger partial charge < -0.3 is 10.3 Å². The fraction of sp³-hybridized carbons (Fsp3) is 0.0435. The first kappa shape index (κ1) is 18.7. The molecular formula is C23H14FN3O4. The van der Waals surface area contributed by atoms with Crippen molar-refractivity contribution < 1.29 is 18.9 Å². The topological polar surface area (TPSA) is 105 Å². The van der Waals surface area contributed by atoms with E-state index < -0.39 is 22.6 Å². The lowest BCUT2D eigenvalue weighted by molar-refractivity contribution is -0.384. The standard InChI is InChI=1S/C23H14FN3O4/c24-13-7-5-12(6-8-13)21-19(15-10-9-14(27(30)31)11-18(15)25-21)20-22(28)16-3-1-2-4-17(16)26-23(20)29/h1-11,20,25H,(H,26,29). The molecule has 5 rings (SSSR count). The summed E-state index contributed by atoms with van der Waals surface area (Å²) in [6.45, 7) is 0. The third-order valence-corrected chi connectivity index (χ3v) is 5.43. The summed E-state index contributed by atoms with van der Waals surface area (Å²) in [5, 5.41) is 14.5. The van der Waals surface area contributed by atoms with Crippen molar-refractivity contribution in [3.63, 3.8) is 0 Å². The number of anilines is 1. The zero-order valence-corrected chi connectivity index (χ0v) is 15.9. The summed E-state index contributed by atoms with van der Waals surface area (Å²) in [6.07, 6.45) is 0. The molecule has 0 aliphatic carbocycles. The Balaban J connectivity index is 1.78. The van der Waals surface area contributed by atoms with Crippen LogP contribution in [0.1, 0.15) is 21.8 Å². The number of benzene rings is 3. The van der Waals surface area contributed by atoms with Crippen LogP contribution in [0.25, 0.3) is 22.2 Å². The zero-order chi connectivity index (χ0) is 21.7. The molecule has 2 heterocycles. The third kappa shape index (κ3) is 2.96. The van der Waals surface area contributed by atoms with E-state index >= 15 is 0 Å². The monoisotopic (exact) mass is 415 g/mol. The first-order chi connectivity index (χ1) is 14.9. The Hall–Kier alpha value is -4.33. The highest BCUT2D eigenvalue weighted by atomic mass is 19.1. The summed E-state index contributed by atoms with van der Waals surface area (Å²) >= 11 is 0. The molecule has 152 valence electrons. The van der Waals surface area contributed by atoms with Crippen LogP contribution in [-0.4, -0.2) is 21.6 Å². The molecule has 1 amide bonds. The van der Waals surface area contributed by atoms with E-state index in [-0.39, 0.29) is 11.5 Å². The lowest BCUT2D eigenvalue weighted by atomic mass is 9.83. The predicted molar refractivity (Wildman–Crippen MR) is 112 cm³/mol. The van der Waals surface area contributed by atoms with E-state index in [1.807, 2.05) is 0 Å². The third-order valence-electron chi connectivity index (χ3n) is 5.43. The summed E-state index contributed by atoms with van der Waals surface area (Å²) in [7, 11) is 0. The van der Waals surface area contributed by atoms with Crippen LogP contribution < -0.4 is 5.32 Å². The zero-order valence-electron chi connectivity index (χ0n) is 15.9. The number of halogens is 1. The van der Waals surface area contributed by atoms with E-state index in [4.69, 9.17) is 0 Å². The van der Waals surface area contributed by atoms with E-state index in [0.29, 0.717) is 39.0 Å². The first-order valence-electron chi connectivity index (χ1n) is 9.44. The number of non-ortho nitro benzene ring substituents is 1. The minimum Gasteiger partial charge on any atom is -0.354 e. The fourth-order valence-corrected chi connectivity index (χ4v) is 4.01. The van der Waals surface area contributed by atoms with E-state index in [1.54, 1.807) is 24.3 Å². The molecule has 0 radical (unpaired) electrons. The molecule has 1 aliphatic heterocycles. The number of nitrogens with one attached hydrogen (secondary N) is 2. The number of aromatic nitrogens is 1. The fourth-order valence-electron chi connectivity index (χ4n) is 4.01. The van der Waals surface area contributed by atoms with Gasteiger partial charge >= 0.3 is 0 Å². The highest BCUT2D eigenvalue weighted by molar-refractivity contribution is 6.26. The summed E-state index contributed by atoms with van der Waals surface area (Å²) in [5.41, 5.74) is 2.48. The Bertz CT molecular complexity index is 1390. The van der Waals surface area contributed by atoms with Crippen molar-refractivity contribution in [3.05, 3.63) is 93.8 Å². The van der Waals surface area contributed by atoms with Gasteiger partial charge in [-0.2, -0.15) is 0 Å². The van der Waals surface area contributed by atoms with Gasteiger partial charge in [0.2, 0.25) is 5.91 Å². The molecule has 1 unspecified atom stereocenters. The molecular weight excluding hydrogens is 401 g/mol. The van der Waals surface area contributed by atoms with Crippen molar-refractivity contribution in [1.82, 2.24) is 4.98 Å². The average Bonchev–Trinajstić information content (AvgIpc) is 3.13. The number of fused-ring (bicyclic) bond motifs is 2. The predicted octanol–water partition coefficient (Wildman–Crippen LogP) is 4.80. The lowest BCUT2D eigenvalue weighted by Crippen LogP contribution is -2.33. The molecule has 7 nitrogen and oxygen atoms in total. The molecule has 0 fully saturated rings. The van der Waals surface area contributed by atoms with Crippen LogP contribution >= 0.6 is 0 Å². The van der Waals surface area contributed by atoms with Crippen molar-refractivity contribution in [2.24, 2.45) is 0 Å². The minimum absolute atomic E-state index is 0.129. The molecule has 2 N–H and O–H groups in total. The molecule has 1 atom stereocenters. The number of H-pyrrole nitrogens is 1. The second-order valence-corrected chi connectivity index (χ2v) is 7.24. The number of ketones is 1. The van der Waals surface area contributed by atoms with Gasteiger partial charge in [-0.15, -0.1) is 0 Å². The van der Waals surface area contributed by atoms with Crippen LogP contribution in [0.5, 0.6) is 0 Å². The number of rotatable bonds is 3. The molecule has 1 aromatic heterocycles. The Labute approximate surface area is 174 Å². The van der Waals surface area contributed by atoms with Crippen LogP contribution in [0.3, 0.4) is 0 Å². The number of nitrogens with zero attached hydrogens (tertiary/aromatic N) is 1. The Morgan fingerprint density at radius 1 is 0.968 bits per heavy atom. The van der Waals surface area contributed by atoms with Crippen LogP contribution in [-0.2, 0) is 4.79 Å². The van der Waals surface area contributed by atoms with Crippen molar-refractivity contribution in [3.8, 4) is 11.3 Å². The Morgan fingerprint density at radius 2 is 1.71 bits per heavy atom. The molecule has 0 saturated heterocycles. The van der Waals surface area contributed by atoms with Crippen molar-refractivity contribution in [1.29, 1.82) is 0 Å². The highest BCUT2D eigenvalue weighted by Gasteiger charge is 2.39. The van der Waals surface area contributed by atoms with Gasteiger partial charge in [0, 0.05) is 28.6 Å². The van der Waals surface area contributed by atoms with E-state index in [9.17, 15) is 24.1 Å². The second kappa shape index (κ2) is 6.88. The number of para-hydroxylation sites is 1. The quantitative estimate of drug-likeness (QED) is 0.285. The normalized spacial score (nSPS) is 15.6. The number of carbonyl (C=O) groups is 2. The molecule has 1 aliphatic rings. The van der Waals surface area contributed by atoms with Gasteiger partial charge in [-0.3, -0.25) is 19.7 Å². The number of nitro benzene ring substituents is 1. The average molecular weight is 415 g/mol.